The van der Waals surface area contributed by atoms with Gasteiger partial charge in [-0.1, -0.05) is 13.0 Å². The molecule has 5 heteroatoms. The molecule has 14 heavy (non-hydrogen) atoms. The molecule has 80 valence electrons. The van der Waals surface area contributed by atoms with Crippen molar-refractivity contribution in [3.8, 4) is 0 Å². The van der Waals surface area contributed by atoms with E-state index in [4.69, 9.17) is 5.11 Å². The molecule has 0 heterocycles. The predicted molar refractivity (Wildman–Crippen MR) is 52.8 cm³/mol. The second kappa shape index (κ2) is 8.10. The molecule has 0 aliphatic carbocycles. The lowest BCUT2D eigenvalue weighted by molar-refractivity contribution is -0.137. The number of carboxylic acid groups (broad SMARTS) is 1. The van der Waals surface area contributed by atoms with Crippen molar-refractivity contribution in [1.29, 1.82) is 0 Å². The Morgan fingerprint density at radius 1 is 1.29 bits per heavy atom. The average molecular weight is 200 g/mol. The van der Waals surface area contributed by atoms with Crippen LogP contribution in [0.4, 0.5) is 4.79 Å². The third-order valence-corrected chi connectivity index (χ3v) is 1.59. The van der Waals surface area contributed by atoms with Crippen molar-refractivity contribution >= 4 is 12.0 Å². The Bertz CT molecular complexity index is 204. The Labute approximate surface area is 83.2 Å². The predicted octanol–water partition coefficient (Wildman–Crippen LogP) is 1.07. The molecule has 0 aliphatic heterocycles. The summed E-state index contributed by atoms with van der Waals surface area (Å²) in [5.74, 6) is -0.776. The number of hydrogen-bond acceptors (Lipinski definition) is 2. The van der Waals surface area contributed by atoms with Crippen molar-refractivity contribution in [2.75, 3.05) is 6.54 Å². The zero-order valence-corrected chi connectivity index (χ0v) is 8.08. The zero-order chi connectivity index (χ0) is 10.8. The van der Waals surface area contributed by atoms with Crippen molar-refractivity contribution in [1.82, 2.24) is 10.6 Å². The smallest absolute Gasteiger partial charge is 0.318 e. The van der Waals surface area contributed by atoms with Crippen LogP contribution < -0.4 is 10.6 Å². The van der Waals surface area contributed by atoms with Gasteiger partial charge in [0.15, 0.2) is 0 Å². The van der Waals surface area contributed by atoms with Gasteiger partial charge < -0.3 is 15.7 Å². The largest absolute Gasteiger partial charge is 0.481 e. The first-order valence-corrected chi connectivity index (χ1v) is 4.54. The molecule has 0 aromatic rings. The molecule has 0 saturated carbocycles. The third kappa shape index (κ3) is 8.58. The minimum absolute atomic E-state index is 0.193. The summed E-state index contributed by atoms with van der Waals surface area (Å²) < 4.78 is 0. The molecule has 0 radical (unpaired) electrons. The lowest BCUT2D eigenvalue weighted by atomic mass is 10.2. The van der Waals surface area contributed by atoms with E-state index in [1.807, 2.05) is 0 Å². The third-order valence-electron chi connectivity index (χ3n) is 1.59. The maximum atomic E-state index is 10.8. The number of rotatable bonds is 7. The fraction of sp³-hybridized carbons (Fsp3) is 0.556. The molecule has 0 saturated heterocycles. The minimum Gasteiger partial charge on any atom is -0.481 e. The first kappa shape index (κ1) is 12.5. The van der Waals surface area contributed by atoms with E-state index < -0.39 is 5.97 Å². The van der Waals surface area contributed by atoms with E-state index in [2.05, 4.69) is 17.2 Å². The molecule has 3 N–H and O–H groups in total. The van der Waals surface area contributed by atoms with Gasteiger partial charge >= 0.3 is 12.0 Å². The lowest BCUT2D eigenvalue weighted by Gasteiger charge is -2.03. The van der Waals surface area contributed by atoms with Crippen LogP contribution in [0.15, 0.2) is 12.8 Å². The standard InChI is InChI=1S/C9H16N2O3/c1-2-10-9(14)11-7-5-3-4-6-8(12)13/h2H,1,3-7H2,(H,12,13)(H2,10,11,14). The Morgan fingerprint density at radius 3 is 2.57 bits per heavy atom. The number of carbonyl (C=O) groups excluding carboxylic acids is 1. The van der Waals surface area contributed by atoms with Gasteiger partial charge in [0.1, 0.15) is 0 Å². The monoisotopic (exact) mass is 200 g/mol. The van der Waals surface area contributed by atoms with Crippen LogP contribution in [0, 0.1) is 0 Å². The van der Waals surface area contributed by atoms with Crippen molar-refractivity contribution in [3.63, 3.8) is 0 Å². The average Bonchev–Trinajstić information content (AvgIpc) is 2.11. The summed E-state index contributed by atoms with van der Waals surface area (Å²) in [6, 6.07) is -0.279. The molecular formula is C9H16N2O3. The number of carboxylic acids is 1. The van der Waals surface area contributed by atoms with Gasteiger partial charge in [-0.3, -0.25) is 4.79 Å². The Hall–Kier alpha value is -1.52. The summed E-state index contributed by atoms with van der Waals surface area (Å²) in [4.78, 5) is 20.9. The molecule has 2 amide bonds. The first-order valence-electron chi connectivity index (χ1n) is 4.54. The van der Waals surface area contributed by atoms with E-state index in [1.54, 1.807) is 0 Å². The van der Waals surface area contributed by atoms with Crippen molar-refractivity contribution in [2.24, 2.45) is 0 Å². The second-order valence-corrected chi connectivity index (χ2v) is 2.81. The van der Waals surface area contributed by atoms with E-state index in [0.717, 1.165) is 12.8 Å². The Kier molecular flexibility index (Phi) is 7.22. The van der Waals surface area contributed by atoms with Crippen LogP contribution in [0.2, 0.25) is 0 Å². The van der Waals surface area contributed by atoms with Crippen LogP contribution in [0.25, 0.3) is 0 Å². The number of unbranched alkanes of at least 4 members (excludes halogenated alkanes) is 2. The molecule has 0 fully saturated rings. The van der Waals surface area contributed by atoms with Gasteiger partial charge in [-0.25, -0.2) is 4.79 Å². The number of aliphatic carboxylic acids is 1. The van der Waals surface area contributed by atoms with Crippen LogP contribution in [0.5, 0.6) is 0 Å². The molecule has 0 spiro atoms. The van der Waals surface area contributed by atoms with Crippen molar-refractivity contribution < 1.29 is 14.7 Å². The highest BCUT2D eigenvalue weighted by Gasteiger charge is 1.97. The van der Waals surface area contributed by atoms with Crippen LogP contribution in [0.1, 0.15) is 25.7 Å². The Balaban J connectivity index is 3.17. The van der Waals surface area contributed by atoms with Crippen LogP contribution >= 0.6 is 0 Å². The summed E-state index contributed by atoms with van der Waals surface area (Å²) >= 11 is 0. The van der Waals surface area contributed by atoms with E-state index in [1.165, 1.54) is 6.20 Å². The van der Waals surface area contributed by atoms with E-state index in [9.17, 15) is 9.59 Å². The number of amides is 2. The summed E-state index contributed by atoms with van der Waals surface area (Å²) in [5.41, 5.74) is 0. The quantitative estimate of drug-likeness (QED) is 0.538. The van der Waals surface area contributed by atoms with E-state index in [0.29, 0.717) is 13.0 Å². The maximum Gasteiger partial charge on any atom is 0.318 e. The molecule has 0 atom stereocenters. The normalized spacial score (nSPS) is 9.14. The second-order valence-electron chi connectivity index (χ2n) is 2.81. The maximum absolute atomic E-state index is 10.8. The van der Waals surface area contributed by atoms with Crippen molar-refractivity contribution in [2.45, 2.75) is 25.7 Å². The molecule has 0 aromatic carbocycles. The molecule has 0 aromatic heterocycles. The summed E-state index contributed by atoms with van der Waals surface area (Å²) in [6.45, 7) is 3.90. The number of hydrogen-bond donors (Lipinski definition) is 3. The summed E-state index contributed by atoms with van der Waals surface area (Å²) in [7, 11) is 0. The molecule has 0 bridgehead atoms. The van der Waals surface area contributed by atoms with Crippen molar-refractivity contribution in [3.05, 3.63) is 12.8 Å². The molecule has 0 rings (SSSR count). The topological polar surface area (TPSA) is 78.4 Å². The van der Waals surface area contributed by atoms with Crippen LogP contribution in [-0.4, -0.2) is 23.7 Å². The molecule has 5 nitrogen and oxygen atoms in total. The number of nitrogens with one attached hydrogen (secondary N) is 2. The first-order chi connectivity index (χ1) is 6.66. The molecule has 0 unspecified atom stereocenters. The Morgan fingerprint density at radius 2 is 2.00 bits per heavy atom. The van der Waals surface area contributed by atoms with Gasteiger partial charge in [-0.2, -0.15) is 0 Å². The summed E-state index contributed by atoms with van der Waals surface area (Å²) in [5, 5.41) is 13.3. The van der Waals surface area contributed by atoms with E-state index >= 15 is 0 Å². The highest BCUT2D eigenvalue weighted by Crippen LogP contribution is 1.98. The van der Waals surface area contributed by atoms with Gasteiger partial charge in [-0.15, -0.1) is 0 Å². The van der Waals surface area contributed by atoms with Gasteiger partial charge in [0.2, 0.25) is 0 Å². The van der Waals surface area contributed by atoms with Gasteiger partial charge in [0, 0.05) is 13.0 Å². The minimum atomic E-state index is -0.776. The lowest BCUT2D eigenvalue weighted by Crippen LogP contribution is -2.32. The van der Waals surface area contributed by atoms with Gasteiger partial charge in [0.05, 0.1) is 0 Å². The summed E-state index contributed by atoms with van der Waals surface area (Å²) in [6.07, 6.45) is 3.75. The number of carbonyl (C=O) groups is 2. The van der Waals surface area contributed by atoms with Crippen LogP contribution in [0.3, 0.4) is 0 Å². The number of urea groups is 1. The van der Waals surface area contributed by atoms with Crippen LogP contribution in [-0.2, 0) is 4.79 Å². The zero-order valence-electron chi connectivity index (χ0n) is 8.08. The van der Waals surface area contributed by atoms with Gasteiger partial charge in [0.25, 0.3) is 0 Å². The highest BCUT2D eigenvalue weighted by atomic mass is 16.4. The molecular weight excluding hydrogens is 184 g/mol. The fourth-order valence-corrected chi connectivity index (χ4v) is 0.924. The van der Waals surface area contributed by atoms with E-state index in [-0.39, 0.29) is 12.5 Å². The fourth-order valence-electron chi connectivity index (χ4n) is 0.924. The van der Waals surface area contributed by atoms with Gasteiger partial charge in [-0.05, 0) is 19.0 Å². The highest BCUT2D eigenvalue weighted by molar-refractivity contribution is 5.74. The molecule has 0 aliphatic rings. The SMILES string of the molecule is C=CNC(=O)NCCCCCC(=O)O.